The Bertz CT molecular complexity index is 1130. The second-order valence-corrected chi connectivity index (χ2v) is 13.0. The summed E-state index contributed by atoms with van der Waals surface area (Å²) in [5.74, 6) is -0.456. The lowest BCUT2D eigenvalue weighted by Gasteiger charge is -2.24. The molecule has 0 fully saturated rings. The molecule has 0 aromatic heterocycles. The molecule has 1 atom stereocenters. The molecule has 0 spiro atoms. The van der Waals surface area contributed by atoms with Crippen LogP contribution in [-0.4, -0.2) is 27.1 Å². The Balaban J connectivity index is 2.17. The van der Waals surface area contributed by atoms with E-state index in [1.807, 2.05) is 6.07 Å². The normalized spacial score (nSPS) is 13.4. The second-order valence-electron chi connectivity index (χ2n) is 11.2. The van der Waals surface area contributed by atoms with E-state index in [0.717, 1.165) is 23.1 Å². The molecular formula is C27H38FNO4S. The summed E-state index contributed by atoms with van der Waals surface area (Å²) in [6.07, 6.45) is 1.76. The number of hydrogen-bond acceptors (Lipinski definition) is 4. The number of ether oxygens (including phenoxy) is 1. The van der Waals surface area contributed by atoms with Crippen LogP contribution in [0.5, 0.6) is 5.75 Å². The van der Waals surface area contributed by atoms with Gasteiger partial charge >= 0.3 is 0 Å². The van der Waals surface area contributed by atoms with E-state index in [1.54, 1.807) is 13.0 Å². The number of hydrogen-bond donors (Lipinski definition) is 1. The van der Waals surface area contributed by atoms with E-state index in [-0.39, 0.29) is 28.7 Å². The highest BCUT2D eigenvalue weighted by molar-refractivity contribution is 7.92. The number of Topliss-reactive ketones (excluding diaryl/α,β-unsaturated/α-hetero) is 1. The third-order valence-electron chi connectivity index (χ3n) is 5.51. The van der Waals surface area contributed by atoms with Gasteiger partial charge in [-0.3, -0.25) is 9.52 Å². The third kappa shape index (κ3) is 8.42. The van der Waals surface area contributed by atoms with E-state index >= 15 is 0 Å². The zero-order chi connectivity index (χ0) is 25.9. The van der Waals surface area contributed by atoms with Crippen molar-refractivity contribution in [2.75, 3.05) is 17.6 Å². The predicted octanol–water partition coefficient (Wildman–Crippen LogP) is 6.23. The summed E-state index contributed by atoms with van der Waals surface area (Å²) in [4.78, 5) is 12.9. The van der Waals surface area contributed by atoms with E-state index in [2.05, 4.69) is 58.4 Å². The van der Waals surface area contributed by atoms with Gasteiger partial charge in [-0.15, -0.1) is 0 Å². The number of halogens is 1. The SMILES string of the molecule is CC(C(=O)CCc1ccc(C(C)(C)C)cc1OCC(C)(C)C)c1ccc(NS(C)(=O)=O)c(F)c1. The first-order valence-corrected chi connectivity index (χ1v) is 13.4. The summed E-state index contributed by atoms with van der Waals surface area (Å²) in [6.45, 7) is 15.1. The van der Waals surface area contributed by atoms with E-state index in [1.165, 1.54) is 12.1 Å². The Morgan fingerprint density at radius 3 is 2.24 bits per heavy atom. The van der Waals surface area contributed by atoms with Gasteiger partial charge in [0, 0.05) is 12.3 Å². The van der Waals surface area contributed by atoms with Crippen molar-refractivity contribution in [3.63, 3.8) is 0 Å². The monoisotopic (exact) mass is 491 g/mol. The molecule has 0 saturated heterocycles. The van der Waals surface area contributed by atoms with Crippen LogP contribution in [-0.2, 0) is 26.7 Å². The van der Waals surface area contributed by atoms with Gasteiger partial charge < -0.3 is 4.74 Å². The lowest BCUT2D eigenvalue weighted by Crippen LogP contribution is -2.19. The van der Waals surface area contributed by atoms with Crippen molar-refractivity contribution in [1.82, 2.24) is 0 Å². The minimum absolute atomic E-state index is 0.00153. The molecule has 0 aliphatic carbocycles. The fraction of sp³-hybridized carbons (Fsp3) is 0.519. The van der Waals surface area contributed by atoms with E-state index in [4.69, 9.17) is 4.74 Å². The fourth-order valence-corrected chi connectivity index (χ4v) is 3.96. The topological polar surface area (TPSA) is 72.5 Å². The third-order valence-corrected chi connectivity index (χ3v) is 6.10. The highest BCUT2D eigenvalue weighted by Gasteiger charge is 2.21. The van der Waals surface area contributed by atoms with Crippen LogP contribution in [0.2, 0.25) is 0 Å². The van der Waals surface area contributed by atoms with Crippen molar-refractivity contribution < 1.29 is 22.3 Å². The molecule has 34 heavy (non-hydrogen) atoms. The van der Waals surface area contributed by atoms with Crippen LogP contribution < -0.4 is 9.46 Å². The standard InChI is InChI=1S/C27H38FNO4S/c1-18(20-10-13-23(22(28)15-20)29-34(8,31)32)24(30)14-11-19-9-12-21(27(5,6)7)16-25(19)33-17-26(2,3)4/h9-10,12-13,15-16,18,29H,11,14,17H2,1-8H3. The molecule has 2 rings (SSSR count). The molecule has 0 aliphatic heterocycles. The van der Waals surface area contributed by atoms with Crippen LogP contribution in [0.3, 0.4) is 0 Å². The summed E-state index contributed by atoms with van der Waals surface area (Å²) in [6, 6.07) is 10.3. The molecular weight excluding hydrogens is 453 g/mol. The van der Waals surface area contributed by atoms with E-state index < -0.39 is 21.8 Å². The summed E-state index contributed by atoms with van der Waals surface area (Å²) in [5, 5.41) is 0. The van der Waals surface area contributed by atoms with E-state index in [0.29, 0.717) is 18.6 Å². The van der Waals surface area contributed by atoms with Crippen LogP contribution in [0.1, 0.15) is 77.5 Å². The first-order chi connectivity index (χ1) is 15.5. The fourth-order valence-electron chi connectivity index (χ4n) is 3.40. The number of anilines is 1. The van der Waals surface area contributed by atoms with Crippen LogP contribution in [0.4, 0.5) is 10.1 Å². The molecule has 188 valence electrons. The number of rotatable bonds is 9. The smallest absolute Gasteiger partial charge is 0.229 e. The molecule has 7 heteroatoms. The van der Waals surface area contributed by atoms with Crippen molar-refractivity contribution in [2.45, 2.75) is 72.6 Å². The van der Waals surface area contributed by atoms with Crippen LogP contribution >= 0.6 is 0 Å². The zero-order valence-corrected chi connectivity index (χ0v) is 22.4. The van der Waals surface area contributed by atoms with Gasteiger partial charge in [-0.05, 0) is 52.1 Å². The Morgan fingerprint density at radius 2 is 1.71 bits per heavy atom. The number of aryl methyl sites for hydroxylation is 1. The average molecular weight is 492 g/mol. The Kier molecular flexibility index (Phi) is 8.57. The van der Waals surface area contributed by atoms with Gasteiger partial charge in [0.2, 0.25) is 10.0 Å². The van der Waals surface area contributed by atoms with Crippen molar-refractivity contribution in [1.29, 1.82) is 0 Å². The summed E-state index contributed by atoms with van der Waals surface area (Å²) in [7, 11) is -3.59. The molecule has 0 radical (unpaired) electrons. The van der Waals surface area contributed by atoms with Crippen LogP contribution in [0.25, 0.3) is 0 Å². The van der Waals surface area contributed by atoms with Crippen LogP contribution in [0.15, 0.2) is 36.4 Å². The summed E-state index contributed by atoms with van der Waals surface area (Å²) in [5.41, 5.74) is 2.49. The molecule has 2 aromatic rings. The Morgan fingerprint density at radius 1 is 1.06 bits per heavy atom. The maximum Gasteiger partial charge on any atom is 0.229 e. The lowest BCUT2D eigenvalue weighted by molar-refractivity contribution is -0.120. The molecule has 5 nitrogen and oxygen atoms in total. The summed E-state index contributed by atoms with van der Waals surface area (Å²) < 4.78 is 45.4. The van der Waals surface area contributed by atoms with Crippen molar-refractivity contribution >= 4 is 21.5 Å². The summed E-state index contributed by atoms with van der Waals surface area (Å²) >= 11 is 0. The predicted molar refractivity (Wildman–Crippen MR) is 137 cm³/mol. The largest absolute Gasteiger partial charge is 0.493 e. The first-order valence-electron chi connectivity index (χ1n) is 11.5. The van der Waals surface area contributed by atoms with Crippen molar-refractivity contribution in [3.8, 4) is 5.75 Å². The number of benzene rings is 2. The quantitative estimate of drug-likeness (QED) is 0.452. The maximum atomic E-state index is 14.4. The van der Waals surface area contributed by atoms with Crippen LogP contribution in [0, 0.1) is 11.2 Å². The van der Waals surface area contributed by atoms with Gasteiger partial charge in [-0.1, -0.05) is 66.7 Å². The van der Waals surface area contributed by atoms with E-state index in [9.17, 15) is 17.6 Å². The van der Waals surface area contributed by atoms with Crippen molar-refractivity contribution in [3.05, 3.63) is 58.9 Å². The molecule has 0 heterocycles. The number of sulfonamides is 1. The van der Waals surface area contributed by atoms with Gasteiger partial charge in [0.05, 0.1) is 18.6 Å². The Hall–Kier alpha value is -2.41. The lowest BCUT2D eigenvalue weighted by atomic mass is 9.85. The zero-order valence-electron chi connectivity index (χ0n) is 21.6. The highest BCUT2D eigenvalue weighted by Crippen LogP contribution is 2.31. The highest BCUT2D eigenvalue weighted by atomic mass is 32.2. The molecule has 0 bridgehead atoms. The second kappa shape index (κ2) is 10.5. The molecule has 0 saturated carbocycles. The number of ketones is 1. The molecule has 2 aromatic carbocycles. The number of carbonyl (C=O) groups excluding carboxylic acids is 1. The number of carbonyl (C=O) groups is 1. The minimum atomic E-state index is -3.59. The van der Waals surface area contributed by atoms with Gasteiger partial charge in [-0.2, -0.15) is 0 Å². The Labute approximate surface area is 204 Å². The number of nitrogens with one attached hydrogen (secondary N) is 1. The first kappa shape index (κ1) is 27.8. The average Bonchev–Trinajstić information content (AvgIpc) is 2.69. The molecule has 0 aliphatic rings. The van der Waals surface area contributed by atoms with Gasteiger partial charge in [0.15, 0.2) is 0 Å². The van der Waals surface area contributed by atoms with Gasteiger partial charge in [0.1, 0.15) is 17.3 Å². The minimum Gasteiger partial charge on any atom is -0.493 e. The maximum absolute atomic E-state index is 14.4. The van der Waals surface area contributed by atoms with Gasteiger partial charge in [0.25, 0.3) is 0 Å². The van der Waals surface area contributed by atoms with Crippen molar-refractivity contribution in [2.24, 2.45) is 5.41 Å². The molecule has 1 unspecified atom stereocenters. The van der Waals surface area contributed by atoms with Gasteiger partial charge in [-0.25, -0.2) is 12.8 Å². The molecule has 0 amide bonds. The molecule has 1 N–H and O–H groups in total.